The summed E-state index contributed by atoms with van der Waals surface area (Å²) < 4.78 is 37.4. The molecule has 7 atom stereocenters. The minimum Gasteiger partial charge on any atom is -0.479 e. The predicted molar refractivity (Wildman–Crippen MR) is 152 cm³/mol. The number of carbonyl (C=O) groups excluding carboxylic acids is 3. The number of hydrogen-bond acceptors (Lipinski definition) is 15. The smallest absolute Gasteiger partial charge is 0.327 e. The Balaban J connectivity index is 1.53. The van der Waals surface area contributed by atoms with Crippen LogP contribution in [0.3, 0.4) is 0 Å². The fourth-order valence-corrected chi connectivity index (χ4v) is 8.29. The predicted octanol–water partition coefficient (Wildman–Crippen LogP) is -0.236. The highest BCUT2D eigenvalue weighted by atomic mass is 32.7. The number of aromatic nitrogens is 4. The van der Waals surface area contributed by atoms with Crippen molar-refractivity contribution in [1.82, 2.24) is 34.8 Å². The molecule has 2 fully saturated rings. The Hall–Kier alpha value is -3.06. The highest BCUT2D eigenvalue weighted by Crippen LogP contribution is 2.57. The van der Waals surface area contributed by atoms with Crippen LogP contribution in [0.15, 0.2) is 6.33 Å². The van der Waals surface area contributed by atoms with E-state index in [0.29, 0.717) is 11.4 Å². The van der Waals surface area contributed by atoms with Crippen molar-refractivity contribution in [3.05, 3.63) is 6.33 Å². The molecule has 4 heterocycles. The van der Waals surface area contributed by atoms with Crippen molar-refractivity contribution in [2.75, 3.05) is 32.3 Å². The molecular formula is C23H35N8O10PS. The van der Waals surface area contributed by atoms with E-state index >= 15 is 0 Å². The maximum Gasteiger partial charge on any atom is 0.327 e. The lowest BCUT2D eigenvalue weighted by molar-refractivity contribution is -0.149. The molecule has 0 aromatic carbocycles. The van der Waals surface area contributed by atoms with E-state index < -0.39 is 73.5 Å². The van der Waals surface area contributed by atoms with Gasteiger partial charge in [-0.05, 0) is 27.7 Å². The average molecular weight is 647 g/mol. The highest BCUT2D eigenvalue weighted by Gasteiger charge is 2.54. The van der Waals surface area contributed by atoms with Gasteiger partial charge in [-0.1, -0.05) is 11.4 Å². The molecule has 0 saturated carbocycles. The summed E-state index contributed by atoms with van der Waals surface area (Å²) in [4.78, 5) is 49.9. The maximum atomic E-state index is 14.0. The van der Waals surface area contributed by atoms with E-state index in [-0.39, 0.29) is 28.7 Å². The first-order chi connectivity index (χ1) is 20.1. The molecule has 0 bridgehead atoms. The number of esters is 1. The number of rotatable bonds is 12. The SMILES string of the molecule is COc1nc(N)nc2c1ncn2C1OC(COP(=O)(N[C@H](C)C(=O)OC(C)C)SCC2NC(=O)N(C)C2=O)[C@@H](O)C1(C)O. The van der Waals surface area contributed by atoms with Gasteiger partial charge in [-0.25, -0.2) is 14.9 Å². The number of imide groups is 1. The summed E-state index contributed by atoms with van der Waals surface area (Å²) in [6.45, 7) is 1.49. The molecule has 43 heavy (non-hydrogen) atoms. The number of anilines is 1. The molecule has 0 spiro atoms. The number of methoxy groups -OCH3 is 1. The third-order valence-electron chi connectivity index (χ3n) is 6.72. The number of nitrogens with zero attached hydrogens (tertiary/aromatic N) is 5. The maximum absolute atomic E-state index is 14.0. The number of nitrogens with two attached hydrogens (primary N) is 1. The lowest BCUT2D eigenvalue weighted by Crippen LogP contribution is -2.44. The van der Waals surface area contributed by atoms with Crippen LogP contribution in [0.4, 0.5) is 10.7 Å². The molecule has 0 aliphatic carbocycles. The number of nitrogen functional groups attached to an aromatic ring is 1. The molecule has 5 unspecified atom stereocenters. The van der Waals surface area contributed by atoms with Gasteiger partial charge in [0, 0.05) is 12.8 Å². The molecule has 2 aromatic rings. The van der Waals surface area contributed by atoms with E-state index in [2.05, 4.69) is 25.4 Å². The number of likely N-dealkylation sites (N-methyl/N-ethyl adjacent to an activating group) is 1. The van der Waals surface area contributed by atoms with Gasteiger partial charge in [0.2, 0.25) is 11.8 Å². The van der Waals surface area contributed by atoms with Gasteiger partial charge in [0.05, 0.1) is 26.1 Å². The summed E-state index contributed by atoms with van der Waals surface area (Å²) in [6, 6.07) is -2.70. The molecule has 2 aliphatic rings. The van der Waals surface area contributed by atoms with Gasteiger partial charge in [-0.3, -0.25) is 23.6 Å². The van der Waals surface area contributed by atoms with Crippen molar-refractivity contribution in [2.45, 2.75) is 69.9 Å². The Morgan fingerprint density at radius 1 is 1.35 bits per heavy atom. The fraction of sp³-hybridized carbons (Fsp3) is 0.652. The van der Waals surface area contributed by atoms with E-state index in [0.717, 1.165) is 4.90 Å². The number of fused-ring (bicyclic) bond motifs is 1. The summed E-state index contributed by atoms with van der Waals surface area (Å²) in [5.74, 6) is -1.42. The first kappa shape index (κ1) is 32.8. The molecule has 20 heteroatoms. The molecule has 2 saturated heterocycles. The lowest BCUT2D eigenvalue weighted by Gasteiger charge is -2.27. The normalized spacial score (nSPS) is 27.9. The highest BCUT2D eigenvalue weighted by molar-refractivity contribution is 8.56. The third-order valence-corrected chi connectivity index (χ3v) is 10.8. The number of nitrogens with one attached hydrogen (secondary N) is 2. The van der Waals surface area contributed by atoms with Crippen molar-refractivity contribution in [2.24, 2.45) is 0 Å². The van der Waals surface area contributed by atoms with Gasteiger partial charge < -0.3 is 40.0 Å². The van der Waals surface area contributed by atoms with Gasteiger partial charge in [0.15, 0.2) is 17.4 Å². The zero-order chi connectivity index (χ0) is 31.9. The van der Waals surface area contributed by atoms with Crippen molar-refractivity contribution in [3.63, 3.8) is 0 Å². The van der Waals surface area contributed by atoms with Crippen LogP contribution in [0, 0.1) is 0 Å². The van der Waals surface area contributed by atoms with Crippen molar-refractivity contribution >= 4 is 53.1 Å². The lowest BCUT2D eigenvalue weighted by atomic mass is 9.96. The van der Waals surface area contributed by atoms with E-state index in [1.165, 1.54) is 38.9 Å². The molecular weight excluding hydrogens is 611 g/mol. The Morgan fingerprint density at radius 2 is 2.05 bits per heavy atom. The Bertz CT molecular complexity index is 1440. The van der Waals surface area contributed by atoms with E-state index in [1.807, 2.05) is 0 Å². The van der Waals surface area contributed by atoms with Crippen LogP contribution >= 0.6 is 18.1 Å². The number of ether oxygens (including phenoxy) is 3. The molecule has 238 valence electrons. The van der Waals surface area contributed by atoms with Crippen LogP contribution in [0.25, 0.3) is 11.2 Å². The van der Waals surface area contributed by atoms with Gasteiger partial charge in [0.1, 0.15) is 29.9 Å². The summed E-state index contributed by atoms with van der Waals surface area (Å²) in [5.41, 5.74) is 4.27. The van der Waals surface area contributed by atoms with Crippen LogP contribution in [-0.2, 0) is 28.2 Å². The van der Waals surface area contributed by atoms with Gasteiger partial charge in [0.25, 0.3) is 5.91 Å². The summed E-state index contributed by atoms with van der Waals surface area (Å²) >= 11 is 0.677. The Kier molecular flexibility index (Phi) is 9.55. The zero-order valence-electron chi connectivity index (χ0n) is 24.3. The molecule has 3 amide bonds. The van der Waals surface area contributed by atoms with Crippen molar-refractivity contribution < 1.29 is 47.9 Å². The van der Waals surface area contributed by atoms with Gasteiger partial charge in [-0.2, -0.15) is 9.97 Å². The van der Waals surface area contributed by atoms with Gasteiger partial charge in [-0.15, -0.1) is 0 Å². The number of amides is 3. The largest absolute Gasteiger partial charge is 0.479 e. The number of aliphatic hydroxyl groups is 2. The summed E-state index contributed by atoms with van der Waals surface area (Å²) in [6.07, 6.45) is -3.16. The minimum atomic E-state index is -4.05. The summed E-state index contributed by atoms with van der Waals surface area (Å²) in [7, 11) is 2.68. The molecule has 4 rings (SSSR count). The number of imidazole rings is 1. The minimum absolute atomic E-state index is 0.0941. The third kappa shape index (κ3) is 6.72. The standard InChI is InChI=1S/C23H35N8O10PS/c1-10(2)40-19(34)11(3)29-42(37,43-8-12-18(33)30(5)22(35)26-12)39-7-13-15(32)23(4,36)20(41-13)31-9-25-14-16(31)27-21(24)28-17(14)38-6/h9-13,15,20,32,36H,7-8H2,1-6H3,(H,26,35)(H,29,37)(H2,24,27,28)/t11-,12?,13?,15-,20?,23?,42?/m1/s1. The van der Waals surface area contributed by atoms with E-state index in [9.17, 15) is 29.2 Å². The molecule has 2 aromatic heterocycles. The van der Waals surface area contributed by atoms with E-state index in [1.54, 1.807) is 13.8 Å². The van der Waals surface area contributed by atoms with Gasteiger partial charge >= 0.3 is 18.7 Å². The first-order valence-corrected chi connectivity index (χ1v) is 16.3. The van der Waals surface area contributed by atoms with E-state index in [4.69, 9.17) is 24.5 Å². The van der Waals surface area contributed by atoms with Crippen LogP contribution in [0.5, 0.6) is 5.88 Å². The Morgan fingerprint density at radius 3 is 2.65 bits per heavy atom. The molecule has 2 aliphatic heterocycles. The zero-order valence-corrected chi connectivity index (χ0v) is 26.0. The van der Waals surface area contributed by atoms with Crippen LogP contribution in [0.1, 0.15) is 33.9 Å². The first-order valence-electron chi connectivity index (χ1n) is 13.1. The molecule has 18 nitrogen and oxygen atoms in total. The quantitative estimate of drug-likeness (QED) is 0.114. The fourth-order valence-electron chi connectivity index (χ4n) is 4.43. The number of aliphatic hydroxyl groups excluding tert-OH is 1. The van der Waals surface area contributed by atoms with Crippen molar-refractivity contribution in [3.8, 4) is 5.88 Å². The number of hydrogen-bond donors (Lipinski definition) is 5. The second-order valence-electron chi connectivity index (χ2n) is 10.4. The van der Waals surface area contributed by atoms with Crippen LogP contribution in [0.2, 0.25) is 0 Å². The second kappa shape index (κ2) is 12.5. The topological polar surface area (TPSA) is 243 Å². The molecule has 0 radical (unpaired) electrons. The summed E-state index contributed by atoms with van der Waals surface area (Å²) in [5, 5.41) is 27.4. The Labute approximate surface area is 250 Å². The van der Waals surface area contributed by atoms with Crippen LogP contribution < -0.4 is 20.9 Å². The van der Waals surface area contributed by atoms with Crippen LogP contribution in [-0.4, -0.2) is 115 Å². The molecule has 6 N–H and O–H groups in total. The number of carbonyl (C=O) groups is 3. The average Bonchev–Trinajstić information content (AvgIpc) is 3.53. The second-order valence-corrected chi connectivity index (χ2v) is 14.8. The van der Waals surface area contributed by atoms with Crippen molar-refractivity contribution in [1.29, 1.82) is 0 Å². The number of urea groups is 1. The monoisotopic (exact) mass is 646 g/mol.